The highest BCUT2D eigenvalue weighted by Crippen LogP contribution is 2.23. The van der Waals surface area contributed by atoms with Crippen LogP contribution in [-0.2, 0) is 6.42 Å². The lowest BCUT2D eigenvalue weighted by Crippen LogP contribution is -2.27. The topological polar surface area (TPSA) is 12.0 Å². The van der Waals surface area contributed by atoms with E-state index in [1.54, 1.807) is 0 Å². The van der Waals surface area contributed by atoms with Crippen LogP contribution in [0.3, 0.4) is 0 Å². The van der Waals surface area contributed by atoms with Gasteiger partial charge >= 0.3 is 0 Å². The maximum absolute atomic E-state index is 13.7. The van der Waals surface area contributed by atoms with Crippen LogP contribution in [0.25, 0.3) is 0 Å². The Balaban J connectivity index is 2.00. The molecular weight excluding hydrogens is 244 g/mol. The second kappa shape index (κ2) is 6.47. The lowest BCUT2D eigenvalue weighted by molar-refractivity contribution is 0.374. The minimum absolute atomic E-state index is 0.241. The van der Waals surface area contributed by atoms with Crippen molar-refractivity contribution in [3.05, 3.63) is 35.4 Å². The number of halogens is 2. The van der Waals surface area contributed by atoms with E-state index >= 15 is 0 Å². The smallest absolute Gasteiger partial charge is 0.129 e. The number of nitrogens with one attached hydrogen (secondary N) is 1. The van der Waals surface area contributed by atoms with Crippen molar-refractivity contribution in [2.24, 2.45) is 11.8 Å². The molecule has 1 aliphatic rings. The summed E-state index contributed by atoms with van der Waals surface area (Å²) in [5, 5.41) is 3.48. The summed E-state index contributed by atoms with van der Waals surface area (Å²) in [7, 11) is 0. The monoisotopic (exact) mass is 267 g/mol. The highest BCUT2D eigenvalue weighted by atomic mass is 19.1. The van der Waals surface area contributed by atoms with Gasteiger partial charge in [-0.2, -0.15) is 0 Å². The van der Waals surface area contributed by atoms with Crippen LogP contribution in [0.4, 0.5) is 8.78 Å². The molecule has 1 aromatic carbocycles. The summed E-state index contributed by atoms with van der Waals surface area (Å²) >= 11 is 0. The van der Waals surface area contributed by atoms with Gasteiger partial charge in [0.1, 0.15) is 11.6 Å². The normalized spacial score (nSPS) is 16.9. The molecule has 1 unspecified atom stereocenters. The van der Waals surface area contributed by atoms with Crippen molar-refractivity contribution in [2.75, 3.05) is 6.54 Å². The van der Waals surface area contributed by atoms with Gasteiger partial charge in [0.05, 0.1) is 0 Å². The molecule has 1 N–H and O–H groups in total. The zero-order chi connectivity index (χ0) is 13.8. The first-order chi connectivity index (χ1) is 9.06. The van der Waals surface area contributed by atoms with Crippen LogP contribution in [0, 0.1) is 23.5 Å². The maximum atomic E-state index is 13.7. The van der Waals surface area contributed by atoms with Gasteiger partial charge in [0.25, 0.3) is 0 Å². The first-order valence-electron chi connectivity index (χ1n) is 7.22. The summed E-state index contributed by atoms with van der Waals surface area (Å²) in [5.74, 6) is 0.00759. The highest BCUT2D eigenvalue weighted by molar-refractivity contribution is 5.20. The Labute approximate surface area is 114 Å². The van der Waals surface area contributed by atoms with E-state index in [2.05, 4.69) is 19.2 Å². The van der Waals surface area contributed by atoms with Gasteiger partial charge in [-0.1, -0.05) is 19.9 Å². The van der Waals surface area contributed by atoms with Gasteiger partial charge in [0.15, 0.2) is 0 Å². The highest BCUT2D eigenvalue weighted by Gasteiger charge is 2.23. The second-order valence-electron chi connectivity index (χ2n) is 6.08. The van der Waals surface area contributed by atoms with Crippen molar-refractivity contribution in [3.8, 4) is 0 Å². The third-order valence-electron chi connectivity index (χ3n) is 3.63. The Kier molecular flexibility index (Phi) is 4.92. The standard InChI is InChI=1S/C16H23F2N/c1-11(2)8-12(10-19-13-6-7-13)9-14-15(17)4-3-5-16(14)18/h3-5,11-13,19H,6-10H2,1-2H3. The fraction of sp³-hybridized carbons (Fsp3) is 0.625. The van der Waals surface area contributed by atoms with Crippen molar-refractivity contribution in [1.29, 1.82) is 0 Å². The van der Waals surface area contributed by atoms with Gasteiger partial charge in [-0.15, -0.1) is 0 Å². The summed E-state index contributed by atoms with van der Waals surface area (Å²) in [5.41, 5.74) is 0.241. The van der Waals surface area contributed by atoms with Crippen molar-refractivity contribution in [1.82, 2.24) is 5.32 Å². The minimum Gasteiger partial charge on any atom is -0.314 e. The first kappa shape index (κ1) is 14.4. The SMILES string of the molecule is CC(C)CC(CNC1CC1)Cc1c(F)cccc1F. The number of benzene rings is 1. The summed E-state index contributed by atoms with van der Waals surface area (Å²) in [6, 6.07) is 4.76. The lowest BCUT2D eigenvalue weighted by Gasteiger charge is -2.20. The third-order valence-corrected chi connectivity index (χ3v) is 3.63. The molecule has 1 fully saturated rings. The molecule has 106 valence electrons. The molecule has 1 aliphatic carbocycles. The third kappa shape index (κ3) is 4.57. The molecule has 2 rings (SSSR count). The van der Waals surface area contributed by atoms with Gasteiger partial charge < -0.3 is 5.32 Å². The molecule has 0 saturated heterocycles. The molecule has 19 heavy (non-hydrogen) atoms. The number of rotatable bonds is 7. The van der Waals surface area contributed by atoms with E-state index < -0.39 is 11.6 Å². The molecule has 1 nitrogen and oxygen atoms in total. The molecule has 1 saturated carbocycles. The minimum atomic E-state index is -0.417. The Morgan fingerprint density at radius 3 is 2.37 bits per heavy atom. The van der Waals surface area contributed by atoms with Gasteiger partial charge in [-0.25, -0.2) is 8.78 Å². The Hall–Kier alpha value is -0.960. The molecule has 0 aliphatic heterocycles. The van der Waals surface area contributed by atoms with E-state index in [1.807, 2.05) is 0 Å². The molecule has 0 radical (unpaired) electrons. The first-order valence-corrected chi connectivity index (χ1v) is 7.22. The van der Waals surface area contributed by atoms with Crippen LogP contribution in [-0.4, -0.2) is 12.6 Å². The average Bonchev–Trinajstić information content (AvgIpc) is 3.14. The summed E-state index contributed by atoms with van der Waals surface area (Å²) in [6.07, 6.45) is 3.95. The Morgan fingerprint density at radius 2 is 1.84 bits per heavy atom. The zero-order valence-electron chi connectivity index (χ0n) is 11.8. The zero-order valence-corrected chi connectivity index (χ0v) is 11.8. The fourth-order valence-corrected chi connectivity index (χ4v) is 2.54. The largest absolute Gasteiger partial charge is 0.314 e. The van der Waals surface area contributed by atoms with Crippen molar-refractivity contribution in [3.63, 3.8) is 0 Å². The number of hydrogen-bond acceptors (Lipinski definition) is 1. The van der Waals surface area contributed by atoms with Crippen LogP contribution >= 0.6 is 0 Å². The predicted octanol–water partition coefficient (Wildman–Crippen LogP) is 3.92. The van der Waals surface area contributed by atoms with E-state index in [0.717, 1.165) is 13.0 Å². The molecule has 3 heteroatoms. The van der Waals surface area contributed by atoms with Crippen LogP contribution in [0.15, 0.2) is 18.2 Å². The van der Waals surface area contributed by atoms with Crippen molar-refractivity contribution < 1.29 is 8.78 Å². The van der Waals surface area contributed by atoms with Crippen LogP contribution in [0.5, 0.6) is 0 Å². The van der Waals surface area contributed by atoms with Gasteiger partial charge in [-0.05, 0) is 56.2 Å². The molecule has 0 bridgehead atoms. The molecule has 0 heterocycles. The van der Waals surface area contributed by atoms with E-state index in [-0.39, 0.29) is 5.56 Å². The second-order valence-corrected chi connectivity index (χ2v) is 6.08. The number of hydrogen-bond donors (Lipinski definition) is 1. The predicted molar refractivity (Wildman–Crippen MR) is 74.0 cm³/mol. The average molecular weight is 267 g/mol. The van der Waals surface area contributed by atoms with E-state index in [1.165, 1.54) is 31.0 Å². The molecule has 1 atom stereocenters. The Morgan fingerprint density at radius 1 is 1.21 bits per heavy atom. The van der Waals surface area contributed by atoms with Crippen LogP contribution in [0.1, 0.15) is 38.7 Å². The maximum Gasteiger partial charge on any atom is 0.129 e. The lowest BCUT2D eigenvalue weighted by atomic mass is 9.90. The molecule has 1 aromatic rings. The molecule has 0 amide bonds. The van der Waals surface area contributed by atoms with Crippen LogP contribution < -0.4 is 5.32 Å². The van der Waals surface area contributed by atoms with Gasteiger partial charge in [0.2, 0.25) is 0 Å². The fourth-order valence-electron chi connectivity index (χ4n) is 2.54. The van der Waals surface area contributed by atoms with Crippen LogP contribution in [0.2, 0.25) is 0 Å². The van der Waals surface area contributed by atoms with E-state index in [0.29, 0.717) is 24.3 Å². The molecular formula is C16H23F2N. The van der Waals surface area contributed by atoms with E-state index in [9.17, 15) is 8.78 Å². The van der Waals surface area contributed by atoms with E-state index in [4.69, 9.17) is 0 Å². The quantitative estimate of drug-likeness (QED) is 0.789. The summed E-state index contributed by atoms with van der Waals surface area (Å²) in [6.45, 7) is 5.17. The molecule has 0 spiro atoms. The van der Waals surface area contributed by atoms with Crippen molar-refractivity contribution in [2.45, 2.75) is 45.6 Å². The summed E-state index contributed by atoms with van der Waals surface area (Å²) < 4.78 is 27.4. The van der Waals surface area contributed by atoms with Gasteiger partial charge in [0, 0.05) is 11.6 Å². The Bertz CT molecular complexity index is 393. The molecule has 0 aromatic heterocycles. The summed E-state index contributed by atoms with van der Waals surface area (Å²) in [4.78, 5) is 0. The van der Waals surface area contributed by atoms with Gasteiger partial charge in [-0.3, -0.25) is 0 Å². The van der Waals surface area contributed by atoms with Crippen molar-refractivity contribution >= 4 is 0 Å².